The van der Waals surface area contributed by atoms with E-state index >= 15 is 0 Å². The Hall–Kier alpha value is -0.980. The Morgan fingerprint density at radius 2 is 2.06 bits per heavy atom. The predicted octanol–water partition coefficient (Wildman–Crippen LogP) is 5.01. The molecule has 0 radical (unpaired) electrons. The van der Waals surface area contributed by atoms with E-state index in [0.29, 0.717) is 0 Å². The third kappa shape index (κ3) is 5.20. The summed E-state index contributed by atoms with van der Waals surface area (Å²) in [6.07, 6.45) is 9.83. The standard InChI is InChI=1S/C13H20O.C2H6/c1-4-12(5-2)8-9-13-11(3)7-6-10-14-13;1-2/h4,8-9H,5-7,10H2,1-3H3;1-2H3/b9-8-,12-4-;. The molecule has 0 aromatic heterocycles. The number of ether oxygens (including phenoxy) is 1. The molecule has 0 amide bonds. The second kappa shape index (κ2) is 9.26. The Bertz CT molecular complexity index is 269. The van der Waals surface area contributed by atoms with Gasteiger partial charge < -0.3 is 4.74 Å². The van der Waals surface area contributed by atoms with Crippen LogP contribution in [0, 0.1) is 0 Å². The summed E-state index contributed by atoms with van der Waals surface area (Å²) in [7, 11) is 0. The SMILES string of the molecule is C/C=C(\C=C/C1=C(C)CCCO1)CC.CC. The van der Waals surface area contributed by atoms with E-state index in [-0.39, 0.29) is 0 Å². The van der Waals surface area contributed by atoms with Crippen molar-refractivity contribution in [3.8, 4) is 0 Å². The largest absolute Gasteiger partial charge is 0.494 e. The molecule has 0 aliphatic carbocycles. The predicted molar refractivity (Wildman–Crippen MR) is 72.4 cm³/mol. The summed E-state index contributed by atoms with van der Waals surface area (Å²) in [5, 5.41) is 0. The zero-order valence-corrected chi connectivity index (χ0v) is 11.5. The molecule has 0 aromatic carbocycles. The highest BCUT2D eigenvalue weighted by atomic mass is 16.5. The molecule has 0 unspecified atom stereocenters. The van der Waals surface area contributed by atoms with Crippen LogP contribution < -0.4 is 0 Å². The molecule has 1 nitrogen and oxygen atoms in total. The molecule has 1 heteroatoms. The topological polar surface area (TPSA) is 9.23 Å². The first-order valence-corrected chi connectivity index (χ1v) is 6.43. The monoisotopic (exact) mass is 222 g/mol. The van der Waals surface area contributed by atoms with Gasteiger partial charge in [-0.05, 0) is 44.8 Å². The fourth-order valence-corrected chi connectivity index (χ4v) is 1.56. The van der Waals surface area contributed by atoms with Crippen molar-refractivity contribution in [1.29, 1.82) is 0 Å². The number of hydrogen-bond acceptors (Lipinski definition) is 1. The third-order valence-corrected chi connectivity index (χ3v) is 2.60. The molecule has 1 rings (SSSR count). The summed E-state index contributed by atoms with van der Waals surface area (Å²) in [6.45, 7) is 11.3. The van der Waals surface area contributed by atoms with E-state index < -0.39 is 0 Å². The van der Waals surface area contributed by atoms with Gasteiger partial charge in [0.2, 0.25) is 0 Å². The molecule has 0 N–H and O–H groups in total. The lowest BCUT2D eigenvalue weighted by Crippen LogP contribution is -2.03. The van der Waals surface area contributed by atoms with Gasteiger partial charge in [0, 0.05) is 0 Å². The van der Waals surface area contributed by atoms with Crippen molar-refractivity contribution in [3.63, 3.8) is 0 Å². The van der Waals surface area contributed by atoms with Crippen LogP contribution >= 0.6 is 0 Å². The van der Waals surface area contributed by atoms with Crippen molar-refractivity contribution in [2.45, 2.75) is 53.9 Å². The maximum atomic E-state index is 5.60. The van der Waals surface area contributed by atoms with E-state index in [1.807, 2.05) is 13.8 Å². The fraction of sp³-hybridized carbons (Fsp3) is 0.600. The van der Waals surface area contributed by atoms with Crippen LogP contribution in [0.25, 0.3) is 0 Å². The molecule has 0 atom stereocenters. The fourth-order valence-electron chi connectivity index (χ4n) is 1.56. The average molecular weight is 222 g/mol. The molecule has 0 aromatic rings. The molecule has 0 saturated heterocycles. The average Bonchev–Trinajstić information content (AvgIpc) is 2.35. The van der Waals surface area contributed by atoms with Gasteiger partial charge in [0.05, 0.1) is 6.61 Å². The first-order valence-electron chi connectivity index (χ1n) is 6.43. The smallest absolute Gasteiger partial charge is 0.118 e. The highest BCUT2D eigenvalue weighted by Crippen LogP contribution is 2.20. The lowest BCUT2D eigenvalue weighted by atomic mass is 10.1. The Labute approximate surface area is 101 Å². The van der Waals surface area contributed by atoms with E-state index in [4.69, 9.17) is 4.74 Å². The lowest BCUT2D eigenvalue weighted by Gasteiger charge is -2.16. The van der Waals surface area contributed by atoms with Crippen molar-refractivity contribution in [2.24, 2.45) is 0 Å². The first-order chi connectivity index (χ1) is 7.77. The Balaban J connectivity index is 0.00000106. The minimum atomic E-state index is 0.869. The molecule has 16 heavy (non-hydrogen) atoms. The van der Waals surface area contributed by atoms with Crippen molar-refractivity contribution in [3.05, 3.63) is 35.1 Å². The Morgan fingerprint density at radius 1 is 1.38 bits per heavy atom. The van der Waals surface area contributed by atoms with Crippen LogP contribution in [0.15, 0.2) is 35.1 Å². The summed E-state index contributed by atoms with van der Waals surface area (Å²) in [5.41, 5.74) is 2.73. The Kier molecular flexibility index (Phi) is 8.69. The molecule has 1 heterocycles. The molecule has 1 aliphatic heterocycles. The second-order valence-electron chi connectivity index (χ2n) is 3.65. The van der Waals surface area contributed by atoms with Gasteiger partial charge in [-0.1, -0.05) is 38.5 Å². The number of hydrogen-bond donors (Lipinski definition) is 0. The normalized spacial score (nSPS) is 16.9. The highest BCUT2D eigenvalue weighted by Gasteiger charge is 2.06. The van der Waals surface area contributed by atoms with Gasteiger partial charge in [-0.2, -0.15) is 0 Å². The molecular formula is C15H26O. The zero-order valence-electron chi connectivity index (χ0n) is 11.5. The second-order valence-corrected chi connectivity index (χ2v) is 3.65. The molecule has 0 spiro atoms. The maximum Gasteiger partial charge on any atom is 0.118 e. The summed E-state index contributed by atoms with van der Waals surface area (Å²) >= 11 is 0. The van der Waals surface area contributed by atoms with E-state index in [1.165, 1.54) is 17.6 Å². The van der Waals surface area contributed by atoms with Crippen LogP contribution in [0.4, 0.5) is 0 Å². The van der Waals surface area contributed by atoms with Crippen molar-refractivity contribution in [1.82, 2.24) is 0 Å². The summed E-state index contributed by atoms with van der Waals surface area (Å²) in [4.78, 5) is 0. The minimum Gasteiger partial charge on any atom is -0.494 e. The van der Waals surface area contributed by atoms with Crippen molar-refractivity contribution in [2.75, 3.05) is 6.61 Å². The van der Waals surface area contributed by atoms with Gasteiger partial charge in [0.15, 0.2) is 0 Å². The molecular weight excluding hydrogens is 196 g/mol. The van der Waals surface area contributed by atoms with E-state index in [0.717, 1.165) is 25.2 Å². The van der Waals surface area contributed by atoms with Crippen LogP contribution in [0.3, 0.4) is 0 Å². The molecule has 0 saturated carbocycles. The van der Waals surface area contributed by atoms with Gasteiger partial charge >= 0.3 is 0 Å². The molecule has 0 fully saturated rings. The zero-order chi connectivity index (χ0) is 12.4. The minimum absolute atomic E-state index is 0.869. The van der Waals surface area contributed by atoms with Gasteiger partial charge in [-0.15, -0.1) is 0 Å². The van der Waals surface area contributed by atoms with E-state index in [9.17, 15) is 0 Å². The molecule has 0 bridgehead atoms. The van der Waals surface area contributed by atoms with Crippen LogP contribution in [0.5, 0.6) is 0 Å². The lowest BCUT2D eigenvalue weighted by molar-refractivity contribution is 0.200. The third-order valence-electron chi connectivity index (χ3n) is 2.60. The summed E-state index contributed by atoms with van der Waals surface area (Å²) in [5.74, 6) is 1.07. The van der Waals surface area contributed by atoms with Crippen LogP contribution in [-0.4, -0.2) is 6.61 Å². The van der Waals surface area contributed by atoms with E-state index in [2.05, 4.69) is 39.0 Å². The van der Waals surface area contributed by atoms with Gasteiger partial charge in [0.1, 0.15) is 5.76 Å². The quantitative estimate of drug-likeness (QED) is 0.610. The summed E-state index contributed by atoms with van der Waals surface area (Å²) in [6, 6.07) is 0. The molecule has 1 aliphatic rings. The number of allylic oxidation sites excluding steroid dienone is 5. The van der Waals surface area contributed by atoms with Crippen LogP contribution in [0.1, 0.15) is 53.9 Å². The van der Waals surface area contributed by atoms with Gasteiger partial charge in [-0.3, -0.25) is 0 Å². The van der Waals surface area contributed by atoms with Gasteiger partial charge in [-0.25, -0.2) is 0 Å². The van der Waals surface area contributed by atoms with Crippen LogP contribution in [-0.2, 0) is 4.74 Å². The highest BCUT2D eigenvalue weighted by molar-refractivity contribution is 5.27. The van der Waals surface area contributed by atoms with Gasteiger partial charge in [0.25, 0.3) is 0 Å². The summed E-state index contributed by atoms with van der Waals surface area (Å²) < 4.78 is 5.60. The molecule has 92 valence electrons. The Morgan fingerprint density at radius 3 is 2.56 bits per heavy atom. The van der Waals surface area contributed by atoms with Crippen molar-refractivity contribution < 1.29 is 4.74 Å². The number of rotatable bonds is 3. The van der Waals surface area contributed by atoms with E-state index in [1.54, 1.807) is 0 Å². The maximum absolute atomic E-state index is 5.60. The first kappa shape index (κ1) is 15.0. The van der Waals surface area contributed by atoms with Crippen LogP contribution in [0.2, 0.25) is 0 Å². The van der Waals surface area contributed by atoms with Crippen molar-refractivity contribution >= 4 is 0 Å².